The summed E-state index contributed by atoms with van der Waals surface area (Å²) in [5.74, 6) is 0. The van der Waals surface area contributed by atoms with Gasteiger partial charge in [0.2, 0.25) is 0 Å². The van der Waals surface area contributed by atoms with Crippen LogP contribution in [-0.4, -0.2) is 14.1 Å². The second kappa shape index (κ2) is 5.45. The summed E-state index contributed by atoms with van der Waals surface area (Å²) in [5.41, 5.74) is 0.835. The number of hydrogen-bond acceptors (Lipinski definition) is 2. The highest BCUT2D eigenvalue weighted by molar-refractivity contribution is 5.76. The molecule has 0 saturated carbocycles. The molecule has 0 radical (unpaired) electrons. The molecular formula is C15H15F3N2. The van der Waals surface area contributed by atoms with Gasteiger partial charge in [-0.25, -0.2) is 0 Å². The normalized spacial score (nSPS) is 11.2. The molecule has 2 nitrogen and oxygen atoms in total. The third kappa shape index (κ3) is 3.04. The molecule has 0 amide bonds. The zero-order valence-electron chi connectivity index (χ0n) is 11.2. The van der Waals surface area contributed by atoms with E-state index in [2.05, 4.69) is 5.32 Å². The summed E-state index contributed by atoms with van der Waals surface area (Å²) in [6.45, 7) is 0. The van der Waals surface area contributed by atoms with Crippen LogP contribution in [0, 0.1) is 0 Å². The Balaban J connectivity index is 2.41. The lowest BCUT2D eigenvalue weighted by atomic mass is 10.1. The van der Waals surface area contributed by atoms with Gasteiger partial charge in [0.15, 0.2) is 0 Å². The topological polar surface area (TPSA) is 15.3 Å². The molecule has 0 spiro atoms. The zero-order valence-corrected chi connectivity index (χ0v) is 11.2. The molecule has 20 heavy (non-hydrogen) atoms. The quantitative estimate of drug-likeness (QED) is 0.889. The summed E-state index contributed by atoms with van der Waals surface area (Å²) < 4.78 is 38.9. The second-order valence-corrected chi connectivity index (χ2v) is 4.58. The molecule has 0 aliphatic heterocycles. The highest BCUT2D eigenvalue weighted by Gasteiger charge is 2.33. The SMILES string of the molecule is CN(C)c1ccccc1Nc1ccccc1C(F)(F)F. The standard InChI is InChI=1S/C15H15F3N2/c1-20(2)14-10-6-5-9-13(14)19-12-8-4-3-7-11(12)15(16,17)18/h3-10,19H,1-2H3. The number of alkyl halides is 3. The molecule has 0 saturated heterocycles. The number of halogens is 3. The minimum atomic E-state index is -4.38. The van der Waals surface area contributed by atoms with E-state index in [1.165, 1.54) is 12.1 Å². The largest absolute Gasteiger partial charge is 0.418 e. The maximum atomic E-state index is 13.0. The maximum Gasteiger partial charge on any atom is 0.418 e. The lowest BCUT2D eigenvalue weighted by molar-refractivity contribution is -0.136. The molecule has 0 atom stereocenters. The fourth-order valence-corrected chi connectivity index (χ4v) is 1.95. The van der Waals surface area contributed by atoms with Crippen LogP contribution >= 0.6 is 0 Å². The van der Waals surface area contributed by atoms with Crippen molar-refractivity contribution in [2.45, 2.75) is 6.18 Å². The van der Waals surface area contributed by atoms with Gasteiger partial charge in [-0.1, -0.05) is 24.3 Å². The predicted octanol–water partition coefficient (Wildman–Crippen LogP) is 4.52. The van der Waals surface area contributed by atoms with Crippen LogP contribution in [-0.2, 0) is 6.18 Å². The Morgan fingerprint density at radius 2 is 1.40 bits per heavy atom. The molecule has 2 aromatic carbocycles. The van der Waals surface area contributed by atoms with Crippen molar-refractivity contribution in [3.8, 4) is 0 Å². The third-order valence-corrected chi connectivity index (χ3v) is 2.89. The van der Waals surface area contributed by atoms with E-state index in [0.717, 1.165) is 11.8 Å². The molecule has 0 unspecified atom stereocenters. The van der Waals surface area contributed by atoms with Gasteiger partial charge in [0.25, 0.3) is 0 Å². The molecule has 2 rings (SSSR count). The van der Waals surface area contributed by atoms with Crippen LogP contribution in [0.5, 0.6) is 0 Å². The maximum absolute atomic E-state index is 13.0. The Labute approximate surface area is 115 Å². The Kier molecular flexibility index (Phi) is 3.88. The van der Waals surface area contributed by atoms with Crippen molar-refractivity contribution >= 4 is 17.1 Å². The van der Waals surface area contributed by atoms with Crippen LogP contribution in [0.4, 0.5) is 30.2 Å². The van der Waals surface area contributed by atoms with E-state index in [9.17, 15) is 13.2 Å². The molecule has 0 aromatic heterocycles. The molecule has 5 heteroatoms. The van der Waals surface area contributed by atoms with Gasteiger partial charge in [-0.3, -0.25) is 0 Å². The van der Waals surface area contributed by atoms with Gasteiger partial charge in [-0.05, 0) is 24.3 Å². The van der Waals surface area contributed by atoms with Gasteiger partial charge in [-0.2, -0.15) is 13.2 Å². The fraction of sp³-hybridized carbons (Fsp3) is 0.200. The number of hydrogen-bond donors (Lipinski definition) is 1. The fourth-order valence-electron chi connectivity index (χ4n) is 1.95. The molecule has 0 fully saturated rings. The first-order valence-electron chi connectivity index (χ1n) is 6.09. The van der Waals surface area contributed by atoms with E-state index in [0.29, 0.717) is 5.69 Å². The number of para-hydroxylation sites is 3. The molecule has 0 bridgehead atoms. The van der Waals surface area contributed by atoms with Crippen LogP contribution < -0.4 is 10.2 Å². The Morgan fingerprint density at radius 3 is 2.00 bits per heavy atom. The van der Waals surface area contributed by atoms with Crippen molar-refractivity contribution < 1.29 is 13.2 Å². The van der Waals surface area contributed by atoms with Gasteiger partial charge in [0, 0.05) is 14.1 Å². The lowest BCUT2D eigenvalue weighted by Crippen LogP contribution is -2.12. The van der Waals surface area contributed by atoms with E-state index in [-0.39, 0.29) is 5.69 Å². The second-order valence-electron chi connectivity index (χ2n) is 4.58. The summed E-state index contributed by atoms with van der Waals surface area (Å²) in [7, 11) is 3.69. The summed E-state index contributed by atoms with van der Waals surface area (Å²) in [6.07, 6.45) is -4.38. The zero-order chi connectivity index (χ0) is 14.8. The Hall–Kier alpha value is -2.17. The van der Waals surface area contributed by atoms with Crippen LogP contribution in [0.1, 0.15) is 5.56 Å². The van der Waals surface area contributed by atoms with Crippen molar-refractivity contribution in [2.75, 3.05) is 24.3 Å². The molecular weight excluding hydrogens is 265 g/mol. The molecule has 106 valence electrons. The number of nitrogens with one attached hydrogen (secondary N) is 1. The molecule has 0 aliphatic rings. The number of anilines is 3. The van der Waals surface area contributed by atoms with Gasteiger partial charge in [0.1, 0.15) is 0 Å². The van der Waals surface area contributed by atoms with Crippen LogP contribution in [0.2, 0.25) is 0 Å². The lowest BCUT2D eigenvalue weighted by Gasteiger charge is -2.20. The molecule has 1 N–H and O–H groups in total. The van der Waals surface area contributed by atoms with Crippen molar-refractivity contribution in [2.24, 2.45) is 0 Å². The van der Waals surface area contributed by atoms with Crippen molar-refractivity contribution in [3.05, 3.63) is 54.1 Å². The average molecular weight is 280 g/mol. The summed E-state index contributed by atoms with van der Waals surface area (Å²) in [6, 6.07) is 12.7. The number of benzene rings is 2. The van der Waals surface area contributed by atoms with E-state index < -0.39 is 11.7 Å². The highest BCUT2D eigenvalue weighted by Crippen LogP contribution is 2.37. The van der Waals surface area contributed by atoms with E-state index >= 15 is 0 Å². The first kappa shape index (κ1) is 14.2. The summed E-state index contributed by atoms with van der Waals surface area (Å²) in [4.78, 5) is 1.85. The number of rotatable bonds is 3. The van der Waals surface area contributed by atoms with Crippen LogP contribution in [0.25, 0.3) is 0 Å². The summed E-state index contributed by atoms with van der Waals surface area (Å²) in [5, 5.41) is 2.87. The first-order valence-corrected chi connectivity index (χ1v) is 6.09. The Morgan fingerprint density at radius 1 is 0.850 bits per heavy atom. The monoisotopic (exact) mass is 280 g/mol. The summed E-state index contributed by atoms with van der Waals surface area (Å²) >= 11 is 0. The van der Waals surface area contributed by atoms with E-state index in [1.54, 1.807) is 18.2 Å². The van der Waals surface area contributed by atoms with E-state index in [4.69, 9.17) is 0 Å². The Bertz CT molecular complexity index is 592. The van der Waals surface area contributed by atoms with Crippen molar-refractivity contribution in [1.82, 2.24) is 0 Å². The minimum absolute atomic E-state index is 0.0503. The molecule has 0 heterocycles. The minimum Gasteiger partial charge on any atom is -0.376 e. The third-order valence-electron chi connectivity index (χ3n) is 2.89. The average Bonchev–Trinajstić information content (AvgIpc) is 2.38. The predicted molar refractivity (Wildman–Crippen MR) is 75.5 cm³/mol. The molecule has 0 aliphatic carbocycles. The van der Waals surface area contributed by atoms with Gasteiger partial charge in [-0.15, -0.1) is 0 Å². The first-order chi connectivity index (χ1) is 9.39. The van der Waals surface area contributed by atoms with Gasteiger partial charge >= 0.3 is 6.18 Å². The van der Waals surface area contributed by atoms with Gasteiger partial charge < -0.3 is 10.2 Å². The van der Waals surface area contributed by atoms with Crippen molar-refractivity contribution in [3.63, 3.8) is 0 Å². The van der Waals surface area contributed by atoms with Gasteiger partial charge in [0.05, 0.1) is 22.6 Å². The highest BCUT2D eigenvalue weighted by atomic mass is 19.4. The van der Waals surface area contributed by atoms with Crippen molar-refractivity contribution in [1.29, 1.82) is 0 Å². The smallest absolute Gasteiger partial charge is 0.376 e. The van der Waals surface area contributed by atoms with E-state index in [1.807, 2.05) is 31.1 Å². The van der Waals surface area contributed by atoms with Crippen LogP contribution in [0.3, 0.4) is 0 Å². The van der Waals surface area contributed by atoms with Crippen LogP contribution in [0.15, 0.2) is 48.5 Å². The number of nitrogens with zero attached hydrogens (tertiary/aromatic N) is 1. The molecule has 2 aromatic rings.